The van der Waals surface area contributed by atoms with E-state index in [1.807, 2.05) is 19.1 Å². The fourth-order valence-corrected chi connectivity index (χ4v) is 2.00. The number of benzene rings is 1. The van der Waals surface area contributed by atoms with Gasteiger partial charge in [-0.05, 0) is 36.0 Å². The molecule has 0 spiro atoms. The zero-order valence-corrected chi connectivity index (χ0v) is 10.4. The Hall–Kier alpha value is -0.370. The van der Waals surface area contributed by atoms with Crippen LogP contribution in [0.4, 0.5) is 4.39 Å². The van der Waals surface area contributed by atoms with Gasteiger partial charge in [-0.15, -0.1) is 0 Å². The Kier molecular flexibility index (Phi) is 4.11. The zero-order valence-electron chi connectivity index (χ0n) is 8.85. The molecule has 1 aromatic rings. The van der Waals surface area contributed by atoms with Crippen molar-refractivity contribution in [3.05, 3.63) is 35.1 Å². The van der Waals surface area contributed by atoms with Gasteiger partial charge < -0.3 is 0 Å². The van der Waals surface area contributed by atoms with Gasteiger partial charge in [0.2, 0.25) is 0 Å². The van der Waals surface area contributed by atoms with E-state index in [1.54, 1.807) is 6.07 Å². The van der Waals surface area contributed by atoms with Gasteiger partial charge in [-0.25, -0.2) is 4.39 Å². The molecule has 1 rings (SSSR count). The van der Waals surface area contributed by atoms with Crippen LogP contribution < -0.4 is 0 Å². The van der Waals surface area contributed by atoms with Crippen LogP contribution >= 0.6 is 15.9 Å². The standard InChI is InChI=1S/C12H16BrF/c1-8-4-5-11(12(14)6-8)10(3)9(2)7-13/h4-6,9-10H,7H2,1-3H3. The van der Waals surface area contributed by atoms with Gasteiger partial charge in [-0.1, -0.05) is 41.9 Å². The first-order valence-electron chi connectivity index (χ1n) is 4.88. The second-order valence-corrected chi connectivity index (χ2v) is 4.59. The third-order valence-corrected chi connectivity index (χ3v) is 3.76. The molecule has 2 heteroatoms. The second-order valence-electron chi connectivity index (χ2n) is 3.95. The van der Waals surface area contributed by atoms with Gasteiger partial charge in [0.1, 0.15) is 5.82 Å². The van der Waals surface area contributed by atoms with E-state index in [2.05, 4.69) is 29.8 Å². The molecule has 0 aliphatic heterocycles. The molecule has 0 N–H and O–H groups in total. The summed E-state index contributed by atoms with van der Waals surface area (Å²) in [4.78, 5) is 0. The van der Waals surface area contributed by atoms with Gasteiger partial charge in [0, 0.05) is 5.33 Å². The average Bonchev–Trinajstić information content (AvgIpc) is 2.15. The summed E-state index contributed by atoms with van der Waals surface area (Å²) in [7, 11) is 0. The molecule has 2 atom stereocenters. The number of hydrogen-bond acceptors (Lipinski definition) is 0. The minimum Gasteiger partial charge on any atom is -0.207 e. The summed E-state index contributed by atoms with van der Waals surface area (Å²) in [6.45, 7) is 6.10. The van der Waals surface area contributed by atoms with Gasteiger partial charge in [0.05, 0.1) is 0 Å². The fraction of sp³-hybridized carbons (Fsp3) is 0.500. The predicted octanol–water partition coefficient (Wildman–Crippen LogP) is 4.27. The molecule has 0 nitrogen and oxygen atoms in total. The first kappa shape index (κ1) is 11.7. The summed E-state index contributed by atoms with van der Waals surface area (Å²) in [6.07, 6.45) is 0. The van der Waals surface area contributed by atoms with Crippen LogP contribution in [0.5, 0.6) is 0 Å². The second kappa shape index (κ2) is 4.92. The van der Waals surface area contributed by atoms with Crippen molar-refractivity contribution < 1.29 is 4.39 Å². The maximum Gasteiger partial charge on any atom is 0.126 e. The summed E-state index contributed by atoms with van der Waals surface area (Å²) in [5.41, 5.74) is 1.80. The van der Waals surface area contributed by atoms with Crippen LogP contribution in [-0.4, -0.2) is 5.33 Å². The molecule has 0 aliphatic carbocycles. The molecular weight excluding hydrogens is 243 g/mol. The average molecular weight is 259 g/mol. The zero-order chi connectivity index (χ0) is 10.7. The van der Waals surface area contributed by atoms with Crippen molar-refractivity contribution >= 4 is 15.9 Å². The van der Waals surface area contributed by atoms with Crippen molar-refractivity contribution in [1.29, 1.82) is 0 Å². The monoisotopic (exact) mass is 258 g/mol. The summed E-state index contributed by atoms with van der Waals surface area (Å²) in [6, 6.07) is 5.47. The van der Waals surface area contributed by atoms with Crippen molar-refractivity contribution in [2.75, 3.05) is 5.33 Å². The summed E-state index contributed by atoms with van der Waals surface area (Å²) in [5.74, 6) is 0.632. The van der Waals surface area contributed by atoms with Gasteiger partial charge in [-0.2, -0.15) is 0 Å². The van der Waals surface area contributed by atoms with E-state index in [4.69, 9.17) is 0 Å². The topological polar surface area (TPSA) is 0 Å². The van der Waals surface area contributed by atoms with Crippen molar-refractivity contribution in [2.24, 2.45) is 5.92 Å². The van der Waals surface area contributed by atoms with Crippen LogP contribution in [0, 0.1) is 18.7 Å². The first-order valence-corrected chi connectivity index (χ1v) is 6.00. The normalized spacial score (nSPS) is 15.2. The minimum absolute atomic E-state index is 0.0784. The molecule has 0 heterocycles. The van der Waals surface area contributed by atoms with E-state index in [0.717, 1.165) is 16.5 Å². The molecule has 0 bridgehead atoms. The lowest BCUT2D eigenvalue weighted by atomic mass is 9.89. The van der Waals surface area contributed by atoms with Crippen molar-refractivity contribution in [1.82, 2.24) is 0 Å². The maximum absolute atomic E-state index is 13.6. The quantitative estimate of drug-likeness (QED) is 0.711. The molecule has 0 radical (unpaired) electrons. The third-order valence-electron chi connectivity index (χ3n) is 2.74. The van der Waals surface area contributed by atoms with Gasteiger partial charge in [0.25, 0.3) is 0 Å². The molecule has 0 aliphatic rings. The number of aryl methyl sites for hydroxylation is 1. The highest BCUT2D eigenvalue weighted by Crippen LogP contribution is 2.27. The van der Waals surface area contributed by atoms with Gasteiger partial charge in [0.15, 0.2) is 0 Å². The van der Waals surface area contributed by atoms with Gasteiger partial charge >= 0.3 is 0 Å². The maximum atomic E-state index is 13.6. The van der Waals surface area contributed by atoms with E-state index in [0.29, 0.717) is 5.92 Å². The van der Waals surface area contributed by atoms with Crippen molar-refractivity contribution in [3.63, 3.8) is 0 Å². The Labute approximate surface area is 93.7 Å². The highest BCUT2D eigenvalue weighted by atomic mass is 79.9. The molecule has 0 aromatic heterocycles. The molecule has 0 saturated heterocycles. The lowest BCUT2D eigenvalue weighted by Crippen LogP contribution is -2.09. The Bertz CT molecular complexity index is 309. The highest BCUT2D eigenvalue weighted by Gasteiger charge is 2.16. The molecular formula is C12H16BrF. The van der Waals surface area contributed by atoms with E-state index >= 15 is 0 Å². The van der Waals surface area contributed by atoms with Gasteiger partial charge in [-0.3, -0.25) is 0 Å². The lowest BCUT2D eigenvalue weighted by molar-refractivity contribution is 0.509. The van der Waals surface area contributed by atoms with E-state index in [1.165, 1.54) is 0 Å². The summed E-state index contributed by atoms with van der Waals surface area (Å²) >= 11 is 3.43. The van der Waals surface area contributed by atoms with Crippen LogP contribution in [-0.2, 0) is 0 Å². The fourth-order valence-electron chi connectivity index (χ4n) is 1.44. The van der Waals surface area contributed by atoms with E-state index < -0.39 is 0 Å². The Morgan fingerprint density at radius 2 is 2.00 bits per heavy atom. The smallest absolute Gasteiger partial charge is 0.126 e. The van der Waals surface area contributed by atoms with Crippen molar-refractivity contribution in [3.8, 4) is 0 Å². The summed E-state index contributed by atoms with van der Waals surface area (Å²) in [5, 5.41) is 0.904. The van der Waals surface area contributed by atoms with Crippen LogP contribution in [0.1, 0.15) is 30.9 Å². The van der Waals surface area contributed by atoms with Crippen molar-refractivity contribution in [2.45, 2.75) is 26.7 Å². The molecule has 1 aromatic carbocycles. The van der Waals surface area contributed by atoms with Crippen LogP contribution in [0.25, 0.3) is 0 Å². The summed E-state index contributed by atoms with van der Waals surface area (Å²) < 4.78 is 13.6. The number of rotatable bonds is 3. The number of hydrogen-bond donors (Lipinski definition) is 0. The molecule has 14 heavy (non-hydrogen) atoms. The van der Waals surface area contributed by atoms with Crippen LogP contribution in [0.2, 0.25) is 0 Å². The molecule has 0 saturated carbocycles. The largest absolute Gasteiger partial charge is 0.207 e. The predicted molar refractivity (Wildman–Crippen MR) is 62.5 cm³/mol. The molecule has 78 valence electrons. The first-order chi connectivity index (χ1) is 6.56. The number of alkyl halides is 1. The third kappa shape index (κ3) is 2.57. The molecule has 0 fully saturated rings. The Morgan fingerprint density at radius 1 is 1.36 bits per heavy atom. The molecule has 2 unspecified atom stereocenters. The Morgan fingerprint density at radius 3 is 2.50 bits per heavy atom. The van der Waals surface area contributed by atoms with Crippen LogP contribution in [0.3, 0.4) is 0 Å². The SMILES string of the molecule is Cc1ccc(C(C)C(C)CBr)c(F)c1. The highest BCUT2D eigenvalue weighted by molar-refractivity contribution is 9.09. The molecule has 0 amide bonds. The van der Waals surface area contributed by atoms with E-state index in [-0.39, 0.29) is 11.7 Å². The van der Waals surface area contributed by atoms with Crippen LogP contribution in [0.15, 0.2) is 18.2 Å². The lowest BCUT2D eigenvalue weighted by Gasteiger charge is -2.18. The Balaban J connectivity index is 2.95. The number of halogens is 2. The minimum atomic E-state index is -0.0784. The van der Waals surface area contributed by atoms with E-state index in [9.17, 15) is 4.39 Å².